The number of hydrogen-bond acceptors (Lipinski definition) is 3. The summed E-state index contributed by atoms with van der Waals surface area (Å²) >= 11 is 0. The minimum absolute atomic E-state index is 0.119. The Hall–Kier alpha value is -3.39. The lowest BCUT2D eigenvalue weighted by Gasteiger charge is -2.41. The van der Waals surface area contributed by atoms with Gasteiger partial charge >= 0.3 is 6.09 Å². The summed E-state index contributed by atoms with van der Waals surface area (Å²) in [6.45, 7) is -0.0949. The van der Waals surface area contributed by atoms with Crippen LogP contribution in [0, 0.1) is 23.3 Å². The number of hydrogen-bond donors (Lipinski definition) is 1. The van der Waals surface area contributed by atoms with Crippen LogP contribution in [-0.2, 0) is 10.3 Å². The van der Waals surface area contributed by atoms with Gasteiger partial charge in [-0.2, -0.15) is 0 Å². The van der Waals surface area contributed by atoms with Gasteiger partial charge in [0.25, 0.3) is 0 Å². The first-order valence-corrected chi connectivity index (χ1v) is 9.95. The molecular formula is C24H19F4NO3. The second kappa shape index (κ2) is 8.63. The van der Waals surface area contributed by atoms with E-state index in [9.17, 15) is 27.5 Å². The van der Waals surface area contributed by atoms with Crippen molar-refractivity contribution in [3.8, 4) is 11.1 Å². The molecule has 166 valence electrons. The Kier molecular flexibility index (Phi) is 5.88. The van der Waals surface area contributed by atoms with Gasteiger partial charge in [-0.15, -0.1) is 0 Å². The van der Waals surface area contributed by atoms with E-state index in [-0.39, 0.29) is 42.8 Å². The van der Waals surface area contributed by atoms with Gasteiger partial charge in [-0.1, -0.05) is 12.1 Å². The van der Waals surface area contributed by atoms with Crippen molar-refractivity contribution in [3.63, 3.8) is 0 Å². The van der Waals surface area contributed by atoms with Crippen LogP contribution in [-0.4, -0.2) is 24.4 Å². The zero-order chi connectivity index (χ0) is 22.9. The molecule has 1 fully saturated rings. The molecule has 4 nitrogen and oxygen atoms in total. The summed E-state index contributed by atoms with van der Waals surface area (Å²) in [5.74, 6) is -2.89. The highest BCUT2D eigenvalue weighted by Gasteiger charge is 2.42. The number of amides is 1. The number of cyclic esters (lactones) is 1. The maximum absolute atomic E-state index is 14.4. The van der Waals surface area contributed by atoms with Gasteiger partial charge in [-0.25, -0.2) is 22.4 Å². The van der Waals surface area contributed by atoms with Crippen LogP contribution < -0.4 is 4.90 Å². The lowest BCUT2D eigenvalue weighted by atomic mass is 9.86. The van der Waals surface area contributed by atoms with Gasteiger partial charge in [-0.05, 0) is 48.0 Å². The summed E-state index contributed by atoms with van der Waals surface area (Å²) in [7, 11) is 0. The molecule has 0 saturated carbocycles. The molecule has 0 aliphatic carbocycles. The Balaban J connectivity index is 1.65. The van der Waals surface area contributed by atoms with E-state index >= 15 is 0 Å². The second-order valence-corrected chi connectivity index (χ2v) is 7.53. The van der Waals surface area contributed by atoms with Crippen LogP contribution >= 0.6 is 0 Å². The molecule has 0 aromatic heterocycles. The third-order valence-electron chi connectivity index (χ3n) is 5.61. The molecule has 3 aromatic carbocycles. The van der Waals surface area contributed by atoms with E-state index in [4.69, 9.17) is 4.74 Å². The SMILES string of the molecule is O=C1OC(CCO)(c2ccc(F)cc2)CCN1c1ccc(F)c(-c2ccc(F)cc2F)c1. The quantitative estimate of drug-likeness (QED) is 0.525. The number of aliphatic hydroxyl groups is 1. The first-order valence-electron chi connectivity index (χ1n) is 9.95. The Morgan fingerprint density at radius 1 is 0.875 bits per heavy atom. The summed E-state index contributed by atoms with van der Waals surface area (Å²) in [6.07, 6.45) is -0.345. The van der Waals surface area contributed by atoms with Gasteiger partial charge in [0.1, 0.15) is 28.9 Å². The van der Waals surface area contributed by atoms with Crippen molar-refractivity contribution in [2.75, 3.05) is 18.1 Å². The Morgan fingerprint density at radius 2 is 1.59 bits per heavy atom. The second-order valence-electron chi connectivity index (χ2n) is 7.53. The van der Waals surface area contributed by atoms with Crippen LogP contribution in [0.1, 0.15) is 18.4 Å². The third kappa shape index (κ3) is 4.05. The highest BCUT2D eigenvalue weighted by molar-refractivity contribution is 5.90. The van der Waals surface area contributed by atoms with Gasteiger partial charge in [0, 0.05) is 48.9 Å². The topological polar surface area (TPSA) is 49.8 Å². The fourth-order valence-corrected chi connectivity index (χ4v) is 3.94. The molecular weight excluding hydrogens is 426 g/mol. The number of benzene rings is 3. The fourth-order valence-electron chi connectivity index (χ4n) is 3.94. The van der Waals surface area contributed by atoms with Crippen molar-refractivity contribution in [3.05, 3.63) is 89.5 Å². The minimum atomic E-state index is -1.14. The first-order chi connectivity index (χ1) is 15.3. The third-order valence-corrected chi connectivity index (χ3v) is 5.61. The number of anilines is 1. The molecule has 4 rings (SSSR count). The average Bonchev–Trinajstić information content (AvgIpc) is 2.75. The van der Waals surface area contributed by atoms with E-state index in [0.717, 1.165) is 18.2 Å². The molecule has 1 aliphatic rings. The smallest absolute Gasteiger partial charge is 0.415 e. The van der Waals surface area contributed by atoms with Gasteiger partial charge in [-0.3, -0.25) is 4.90 Å². The summed E-state index contributed by atoms with van der Waals surface area (Å²) in [6, 6.07) is 12.0. The molecule has 8 heteroatoms. The van der Waals surface area contributed by atoms with Gasteiger partial charge in [0.2, 0.25) is 0 Å². The molecule has 1 atom stereocenters. The van der Waals surface area contributed by atoms with Crippen molar-refractivity contribution in [1.29, 1.82) is 0 Å². The molecule has 0 radical (unpaired) electrons. The summed E-state index contributed by atoms with van der Waals surface area (Å²) in [4.78, 5) is 14.2. The molecule has 1 heterocycles. The Morgan fingerprint density at radius 3 is 2.25 bits per heavy atom. The zero-order valence-corrected chi connectivity index (χ0v) is 16.8. The predicted molar refractivity (Wildman–Crippen MR) is 110 cm³/mol. The molecule has 0 bridgehead atoms. The molecule has 1 amide bonds. The monoisotopic (exact) mass is 445 g/mol. The van der Waals surface area contributed by atoms with E-state index in [1.807, 2.05) is 0 Å². The van der Waals surface area contributed by atoms with E-state index in [1.54, 1.807) is 0 Å². The van der Waals surface area contributed by atoms with Gasteiger partial charge < -0.3 is 9.84 Å². The number of ether oxygens (including phenoxy) is 1. The van der Waals surface area contributed by atoms with Crippen molar-refractivity contribution >= 4 is 11.8 Å². The van der Waals surface area contributed by atoms with Gasteiger partial charge in [0.05, 0.1) is 0 Å². The normalized spacial score (nSPS) is 18.5. The van der Waals surface area contributed by atoms with Crippen LogP contribution in [0.4, 0.5) is 28.0 Å². The van der Waals surface area contributed by atoms with Crippen LogP contribution in [0.2, 0.25) is 0 Å². The zero-order valence-electron chi connectivity index (χ0n) is 16.8. The lowest BCUT2D eigenvalue weighted by Crippen LogP contribution is -2.48. The molecule has 1 aliphatic heterocycles. The summed E-state index contributed by atoms with van der Waals surface area (Å²) in [5, 5.41) is 9.52. The first kappa shape index (κ1) is 21.8. The van der Waals surface area contributed by atoms with E-state index < -0.39 is 35.0 Å². The van der Waals surface area contributed by atoms with E-state index in [2.05, 4.69) is 0 Å². The van der Waals surface area contributed by atoms with Crippen LogP contribution in [0.25, 0.3) is 11.1 Å². The van der Waals surface area contributed by atoms with Gasteiger partial charge in [0.15, 0.2) is 0 Å². The number of carbonyl (C=O) groups is 1. The number of rotatable bonds is 5. The van der Waals surface area contributed by atoms with Crippen LogP contribution in [0.3, 0.4) is 0 Å². The van der Waals surface area contributed by atoms with E-state index in [1.165, 1.54) is 41.3 Å². The number of nitrogens with zero attached hydrogens (tertiary/aromatic N) is 1. The standard InChI is InChI=1S/C24H19F4NO3/c25-16-3-1-15(2-4-16)24(10-12-30)9-11-29(23(31)32-24)18-6-8-21(27)20(14-18)19-7-5-17(26)13-22(19)28/h1-8,13-14,30H,9-12H2. The molecule has 3 aromatic rings. The summed E-state index contributed by atoms with van der Waals surface area (Å²) < 4.78 is 60.9. The van der Waals surface area contributed by atoms with Crippen molar-refractivity contribution < 1.29 is 32.2 Å². The molecule has 32 heavy (non-hydrogen) atoms. The largest absolute Gasteiger partial charge is 0.437 e. The predicted octanol–water partition coefficient (Wildman–Crippen LogP) is 5.53. The lowest BCUT2D eigenvalue weighted by molar-refractivity contribution is -0.0258. The maximum atomic E-state index is 14.4. The average molecular weight is 445 g/mol. The molecule has 0 spiro atoms. The highest BCUT2D eigenvalue weighted by atomic mass is 19.1. The number of carbonyl (C=O) groups excluding carboxylic acids is 1. The van der Waals surface area contributed by atoms with Crippen molar-refractivity contribution in [2.45, 2.75) is 18.4 Å². The minimum Gasteiger partial charge on any atom is -0.437 e. The molecule has 1 unspecified atom stereocenters. The van der Waals surface area contributed by atoms with E-state index in [0.29, 0.717) is 11.6 Å². The molecule has 1 N–H and O–H groups in total. The summed E-state index contributed by atoms with van der Waals surface area (Å²) in [5.41, 5.74) is -0.585. The number of aliphatic hydroxyl groups excluding tert-OH is 1. The van der Waals surface area contributed by atoms with Crippen LogP contribution in [0.15, 0.2) is 60.7 Å². The van der Waals surface area contributed by atoms with Crippen LogP contribution in [0.5, 0.6) is 0 Å². The Labute approximate surface area is 181 Å². The van der Waals surface area contributed by atoms with Crippen molar-refractivity contribution in [2.24, 2.45) is 0 Å². The highest BCUT2D eigenvalue weighted by Crippen LogP contribution is 2.39. The Bertz CT molecular complexity index is 1150. The van der Waals surface area contributed by atoms with Crippen molar-refractivity contribution in [1.82, 2.24) is 0 Å². The number of halogens is 4. The fraction of sp³-hybridized carbons (Fsp3) is 0.208. The molecule has 1 saturated heterocycles. The maximum Gasteiger partial charge on any atom is 0.415 e.